The molecular formula is C11H16N2O2. The number of hydrogen-bond acceptors (Lipinski definition) is 4. The smallest absolute Gasteiger partial charge is 0.161 e. The molecule has 0 aliphatic heterocycles. The molecule has 0 atom stereocenters. The summed E-state index contributed by atoms with van der Waals surface area (Å²) < 4.78 is 10.4. The average molecular weight is 208 g/mol. The lowest BCUT2D eigenvalue weighted by Crippen LogP contribution is -2.03. The van der Waals surface area contributed by atoms with E-state index in [2.05, 4.69) is 10.5 Å². The van der Waals surface area contributed by atoms with Crippen LogP contribution in [0.3, 0.4) is 0 Å². The van der Waals surface area contributed by atoms with Crippen LogP contribution < -0.4 is 14.9 Å². The van der Waals surface area contributed by atoms with E-state index in [-0.39, 0.29) is 0 Å². The van der Waals surface area contributed by atoms with Crippen LogP contribution in [0.1, 0.15) is 12.5 Å². The van der Waals surface area contributed by atoms with Crippen molar-refractivity contribution < 1.29 is 9.47 Å². The molecule has 0 saturated heterocycles. The highest BCUT2D eigenvalue weighted by atomic mass is 16.5. The second-order valence-electron chi connectivity index (χ2n) is 2.99. The first-order chi connectivity index (χ1) is 7.22. The summed E-state index contributed by atoms with van der Waals surface area (Å²) in [6.45, 7) is 1.93. The predicted molar refractivity (Wildman–Crippen MR) is 60.8 cm³/mol. The molecule has 1 aromatic rings. The molecule has 82 valence electrons. The lowest BCUT2D eigenvalue weighted by atomic mass is 10.1. The molecule has 0 saturated carbocycles. The van der Waals surface area contributed by atoms with E-state index in [1.54, 1.807) is 21.3 Å². The van der Waals surface area contributed by atoms with E-state index in [0.717, 1.165) is 17.0 Å². The maximum Gasteiger partial charge on any atom is 0.161 e. The normalized spacial score (nSPS) is 11.1. The van der Waals surface area contributed by atoms with Crippen molar-refractivity contribution in [3.8, 4) is 11.5 Å². The van der Waals surface area contributed by atoms with Crippen LogP contribution in [0.4, 0.5) is 0 Å². The Balaban J connectivity index is 3.08. The zero-order valence-electron chi connectivity index (χ0n) is 9.50. The molecule has 15 heavy (non-hydrogen) atoms. The molecule has 0 heterocycles. The minimum absolute atomic E-state index is 0.709. The molecule has 0 bridgehead atoms. The Labute approximate surface area is 89.9 Å². The van der Waals surface area contributed by atoms with E-state index in [0.29, 0.717) is 5.75 Å². The molecule has 0 aliphatic rings. The van der Waals surface area contributed by atoms with E-state index >= 15 is 0 Å². The molecule has 0 radical (unpaired) electrons. The van der Waals surface area contributed by atoms with Crippen LogP contribution >= 0.6 is 0 Å². The molecule has 4 nitrogen and oxygen atoms in total. The van der Waals surface area contributed by atoms with Gasteiger partial charge in [-0.3, -0.25) is 0 Å². The third-order valence-electron chi connectivity index (χ3n) is 2.08. The Morgan fingerprint density at radius 2 is 1.87 bits per heavy atom. The van der Waals surface area contributed by atoms with Gasteiger partial charge >= 0.3 is 0 Å². The monoisotopic (exact) mass is 208 g/mol. The Hall–Kier alpha value is -1.71. The highest BCUT2D eigenvalue weighted by Crippen LogP contribution is 2.27. The standard InChI is InChI=1S/C11H16N2O2/c1-8(13-12-2)9-5-6-10(14-3)11(7-9)15-4/h5-7,12H,1-4H3/b13-8+. The molecule has 0 aromatic heterocycles. The molecule has 0 aliphatic carbocycles. The third-order valence-corrected chi connectivity index (χ3v) is 2.08. The van der Waals surface area contributed by atoms with Gasteiger partial charge < -0.3 is 14.9 Å². The van der Waals surface area contributed by atoms with Gasteiger partial charge in [0.2, 0.25) is 0 Å². The van der Waals surface area contributed by atoms with Gasteiger partial charge in [-0.1, -0.05) is 0 Å². The second kappa shape index (κ2) is 5.24. The summed E-state index contributed by atoms with van der Waals surface area (Å²) >= 11 is 0. The fourth-order valence-electron chi connectivity index (χ4n) is 1.29. The summed E-state index contributed by atoms with van der Waals surface area (Å²) in [6.07, 6.45) is 0. The van der Waals surface area contributed by atoms with Gasteiger partial charge in [0.25, 0.3) is 0 Å². The van der Waals surface area contributed by atoms with Crippen molar-refractivity contribution in [3.05, 3.63) is 23.8 Å². The van der Waals surface area contributed by atoms with Crippen molar-refractivity contribution in [2.75, 3.05) is 21.3 Å². The van der Waals surface area contributed by atoms with Gasteiger partial charge in [-0.05, 0) is 25.1 Å². The highest BCUT2D eigenvalue weighted by Gasteiger charge is 2.05. The van der Waals surface area contributed by atoms with Gasteiger partial charge in [-0.2, -0.15) is 5.10 Å². The van der Waals surface area contributed by atoms with Gasteiger partial charge in [0.15, 0.2) is 11.5 Å². The first kappa shape index (κ1) is 11.4. The SMILES string of the molecule is CN/N=C(\C)c1ccc(OC)c(OC)c1. The summed E-state index contributed by atoms with van der Waals surface area (Å²) in [5.41, 5.74) is 4.65. The van der Waals surface area contributed by atoms with Gasteiger partial charge in [0.05, 0.1) is 19.9 Å². The van der Waals surface area contributed by atoms with Crippen LogP contribution in [0.5, 0.6) is 11.5 Å². The Kier molecular flexibility index (Phi) is 3.97. The number of ether oxygens (including phenoxy) is 2. The van der Waals surface area contributed by atoms with Crippen molar-refractivity contribution in [1.82, 2.24) is 5.43 Å². The van der Waals surface area contributed by atoms with Crippen LogP contribution in [0.25, 0.3) is 0 Å². The Bertz CT molecular complexity index is 362. The molecule has 0 spiro atoms. The number of rotatable bonds is 4. The average Bonchev–Trinajstić information content (AvgIpc) is 2.28. The largest absolute Gasteiger partial charge is 0.493 e. The van der Waals surface area contributed by atoms with Crippen LogP contribution in [0, 0.1) is 0 Å². The quantitative estimate of drug-likeness (QED) is 0.604. The molecule has 0 amide bonds. The molecule has 1 aromatic carbocycles. The minimum atomic E-state index is 0.709. The molecule has 4 heteroatoms. The van der Waals surface area contributed by atoms with Gasteiger partial charge in [-0.25, -0.2) is 0 Å². The van der Waals surface area contributed by atoms with E-state index in [1.165, 1.54) is 0 Å². The summed E-state index contributed by atoms with van der Waals surface area (Å²) in [5.74, 6) is 1.43. The first-order valence-corrected chi connectivity index (χ1v) is 4.66. The molecule has 1 rings (SSSR count). The zero-order valence-corrected chi connectivity index (χ0v) is 9.50. The van der Waals surface area contributed by atoms with Gasteiger partial charge in [0.1, 0.15) is 0 Å². The Morgan fingerprint density at radius 1 is 1.20 bits per heavy atom. The van der Waals surface area contributed by atoms with Crippen LogP contribution in [0.2, 0.25) is 0 Å². The van der Waals surface area contributed by atoms with E-state index in [9.17, 15) is 0 Å². The summed E-state index contributed by atoms with van der Waals surface area (Å²) in [4.78, 5) is 0. The second-order valence-corrected chi connectivity index (χ2v) is 2.99. The summed E-state index contributed by atoms with van der Waals surface area (Å²) in [6, 6.07) is 5.70. The first-order valence-electron chi connectivity index (χ1n) is 4.66. The maximum absolute atomic E-state index is 5.20. The summed E-state index contributed by atoms with van der Waals surface area (Å²) in [7, 11) is 5.00. The fraction of sp³-hybridized carbons (Fsp3) is 0.364. The predicted octanol–water partition coefficient (Wildman–Crippen LogP) is 1.65. The zero-order chi connectivity index (χ0) is 11.3. The van der Waals surface area contributed by atoms with Gasteiger partial charge in [0, 0.05) is 12.6 Å². The Morgan fingerprint density at radius 3 is 2.40 bits per heavy atom. The van der Waals surface area contributed by atoms with Crippen LogP contribution in [0.15, 0.2) is 23.3 Å². The number of methoxy groups -OCH3 is 2. The minimum Gasteiger partial charge on any atom is -0.493 e. The lowest BCUT2D eigenvalue weighted by molar-refractivity contribution is 0.355. The van der Waals surface area contributed by atoms with Crippen LogP contribution in [-0.2, 0) is 0 Å². The number of benzene rings is 1. The number of nitrogens with zero attached hydrogens (tertiary/aromatic N) is 1. The van der Waals surface area contributed by atoms with Crippen molar-refractivity contribution in [2.24, 2.45) is 5.10 Å². The van der Waals surface area contributed by atoms with Crippen molar-refractivity contribution in [2.45, 2.75) is 6.92 Å². The molecule has 1 N–H and O–H groups in total. The van der Waals surface area contributed by atoms with Crippen molar-refractivity contribution in [3.63, 3.8) is 0 Å². The maximum atomic E-state index is 5.20. The number of hydrogen-bond donors (Lipinski definition) is 1. The third kappa shape index (κ3) is 2.62. The van der Waals surface area contributed by atoms with Gasteiger partial charge in [-0.15, -0.1) is 0 Å². The van der Waals surface area contributed by atoms with Crippen LogP contribution in [-0.4, -0.2) is 27.0 Å². The van der Waals surface area contributed by atoms with E-state index in [4.69, 9.17) is 9.47 Å². The molecule has 0 fully saturated rings. The molecular weight excluding hydrogens is 192 g/mol. The lowest BCUT2D eigenvalue weighted by Gasteiger charge is -2.09. The van der Waals surface area contributed by atoms with E-state index < -0.39 is 0 Å². The highest BCUT2D eigenvalue weighted by molar-refractivity contribution is 5.99. The topological polar surface area (TPSA) is 42.9 Å². The number of nitrogens with one attached hydrogen (secondary N) is 1. The van der Waals surface area contributed by atoms with Crippen molar-refractivity contribution >= 4 is 5.71 Å². The molecule has 0 unspecified atom stereocenters. The summed E-state index contributed by atoms with van der Waals surface area (Å²) in [5, 5.41) is 4.10. The van der Waals surface area contributed by atoms with Crippen molar-refractivity contribution in [1.29, 1.82) is 0 Å². The fourth-order valence-corrected chi connectivity index (χ4v) is 1.29. The van der Waals surface area contributed by atoms with E-state index in [1.807, 2.05) is 25.1 Å². The number of hydrazone groups is 1.